The van der Waals surface area contributed by atoms with Crippen molar-refractivity contribution in [1.82, 2.24) is 9.55 Å². The minimum Gasteiger partial charge on any atom is -0.493 e. The number of benzene rings is 2. The summed E-state index contributed by atoms with van der Waals surface area (Å²) in [5, 5.41) is 10.7. The molecule has 3 rings (SSSR count). The van der Waals surface area contributed by atoms with E-state index in [1.165, 1.54) is 0 Å². The Kier molecular flexibility index (Phi) is 5.97. The third-order valence-electron chi connectivity index (χ3n) is 4.74. The van der Waals surface area contributed by atoms with Crippen LogP contribution < -0.4 is 16.1 Å². The smallest absolute Gasteiger partial charge is 0.335 e. The third kappa shape index (κ3) is 4.13. The maximum Gasteiger partial charge on any atom is 0.335 e. The Bertz CT molecular complexity index is 1130. The van der Waals surface area contributed by atoms with E-state index in [2.05, 4.69) is 28.7 Å². The molecule has 2 aromatic carbocycles. The summed E-state index contributed by atoms with van der Waals surface area (Å²) in [5.74, 6) is -0.439. The van der Waals surface area contributed by atoms with Gasteiger partial charge in [0.05, 0.1) is 17.1 Å². The molecule has 0 aliphatic rings. The highest BCUT2D eigenvalue weighted by Crippen LogP contribution is 2.22. The van der Waals surface area contributed by atoms with E-state index in [1.54, 1.807) is 37.3 Å². The van der Waals surface area contributed by atoms with Crippen molar-refractivity contribution in [2.24, 2.45) is 4.99 Å². The molecular weight excluding hydrogens is 368 g/mol. The van der Waals surface area contributed by atoms with Gasteiger partial charge in [-0.25, -0.2) is 9.36 Å². The summed E-state index contributed by atoms with van der Waals surface area (Å²) >= 11 is 0. The number of para-hydroxylation sites is 1. The lowest BCUT2D eigenvalue weighted by molar-refractivity contribution is 0.430. The van der Waals surface area contributed by atoms with Crippen LogP contribution in [-0.4, -0.2) is 33.5 Å². The average Bonchev–Trinajstić information content (AvgIpc) is 2.70. The minimum atomic E-state index is -0.709. The highest BCUT2D eigenvalue weighted by atomic mass is 16.3. The summed E-state index contributed by atoms with van der Waals surface area (Å²) in [6.45, 7) is 7.63. The first-order chi connectivity index (χ1) is 14.0. The number of H-pyrrole nitrogens is 1. The molecule has 2 N–H and O–H groups in total. The van der Waals surface area contributed by atoms with Crippen molar-refractivity contribution in [2.45, 2.75) is 20.8 Å². The Morgan fingerprint density at radius 3 is 2.24 bits per heavy atom. The van der Waals surface area contributed by atoms with Gasteiger partial charge in [-0.2, -0.15) is 0 Å². The quantitative estimate of drug-likeness (QED) is 0.630. The number of anilines is 1. The number of aromatic hydroxyl groups is 1. The normalized spacial score (nSPS) is 11.5. The van der Waals surface area contributed by atoms with Crippen LogP contribution in [0, 0.1) is 0 Å². The Hall–Kier alpha value is -3.61. The molecule has 0 saturated carbocycles. The molecule has 0 aliphatic heterocycles. The number of hydrogen-bond acceptors (Lipinski definition) is 5. The van der Waals surface area contributed by atoms with Gasteiger partial charge in [0, 0.05) is 18.8 Å². The standard InChI is InChI=1S/C22H24N4O3/c1-4-25(5-2)17-13-11-16(12-14-17)23-15(3)19-20(27)24-22(29)26(21(19)28)18-9-7-6-8-10-18/h6-14,28H,4-5H2,1-3H3,(H,24,27,29). The summed E-state index contributed by atoms with van der Waals surface area (Å²) in [5.41, 5.74) is 1.06. The molecule has 1 heterocycles. The summed E-state index contributed by atoms with van der Waals surface area (Å²) in [7, 11) is 0. The van der Waals surface area contributed by atoms with E-state index in [9.17, 15) is 14.7 Å². The second-order valence-electron chi connectivity index (χ2n) is 6.51. The maximum absolute atomic E-state index is 12.4. The highest BCUT2D eigenvalue weighted by molar-refractivity contribution is 6.01. The number of nitrogens with one attached hydrogen (secondary N) is 1. The van der Waals surface area contributed by atoms with E-state index >= 15 is 0 Å². The van der Waals surface area contributed by atoms with E-state index < -0.39 is 17.1 Å². The van der Waals surface area contributed by atoms with Crippen molar-refractivity contribution in [3.8, 4) is 11.6 Å². The van der Waals surface area contributed by atoms with Crippen LogP contribution >= 0.6 is 0 Å². The second-order valence-corrected chi connectivity index (χ2v) is 6.51. The lowest BCUT2D eigenvalue weighted by atomic mass is 10.2. The van der Waals surface area contributed by atoms with Crippen molar-refractivity contribution in [3.05, 3.63) is 81.0 Å². The first kappa shape index (κ1) is 20.1. The number of nitrogens with zero attached hydrogens (tertiary/aromatic N) is 3. The minimum absolute atomic E-state index is 0.0405. The third-order valence-corrected chi connectivity index (χ3v) is 4.74. The maximum atomic E-state index is 12.4. The molecular formula is C22H24N4O3. The molecule has 7 heteroatoms. The lowest BCUT2D eigenvalue weighted by Crippen LogP contribution is -2.32. The van der Waals surface area contributed by atoms with E-state index in [-0.39, 0.29) is 5.56 Å². The van der Waals surface area contributed by atoms with Crippen molar-refractivity contribution < 1.29 is 5.11 Å². The SMILES string of the molecule is CCN(CC)c1ccc(N=C(C)c2c(O)n(-c3ccccc3)c(=O)[nH]c2=O)cc1. The number of aromatic nitrogens is 2. The molecule has 0 bridgehead atoms. The van der Waals surface area contributed by atoms with Gasteiger partial charge in [0.25, 0.3) is 5.56 Å². The molecule has 7 nitrogen and oxygen atoms in total. The van der Waals surface area contributed by atoms with Gasteiger partial charge >= 0.3 is 5.69 Å². The molecule has 150 valence electrons. The van der Waals surface area contributed by atoms with Gasteiger partial charge in [-0.3, -0.25) is 14.8 Å². The Morgan fingerprint density at radius 1 is 1.03 bits per heavy atom. The number of rotatable bonds is 6. The van der Waals surface area contributed by atoms with Crippen LogP contribution in [0.2, 0.25) is 0 Å². The summed E-state index contributed by atoms with van der Waals surface area (Å²) < 4.78 is 1.05. The van der Waals surface area contributed by atoms with Gasteiger partial charge in [-0.15, -0.1) is 0 Å². The van der Waals surface area contributed by atoms with Gasteiger partial charge in [-0.1, -0.05) is 18.2 Å². The van der Waals surface area contributed by atoms with Crippen LogP contribution in [0.15, 0.2) is 69.2 Å². The fourth-order valence-corrected chi connectivity index (χ4v) is 3.24. The number of hydrogen-bond donors (Lipinski definition) is 2. The topological polar surface area (TPSA) is 90.7 Å². The fraction of sp³-hybridized carbons (Fsp3) is 0.227. The zero-order chi connectivity index (χ0) is 21.0. The first-order valence-corrected chi connectivity index (χ1v) is 9.50. The van der Waals surface area contributed by atoms with Crippen molar-refractivity contribution in [3.63, 3.8) is 0 Å². The lowest BCUT2D eigenvalue weighted by Gasteiger charge is -2.20. The highest BCUT2D eigenvalue weighted by Gasteiger charge is 2.17. The molecule has 0 spiro atoms. The van der Waals surface area contributed by atoms with Crippen molar-refractivity contribution in [2.75, 3.05) is 18.0 Å². The van der Waals surface area contributed by atoms with Gasteiger partial charge < -0.3 is 10.0 Å². The van der Waals surface area contributed by atoms with Gasteiger partial charge in [0.1, 0.15) is 5.56 Å². The second kappa shape index (κ2) is 8.60. The molecule has 3 aromatic rings. The fourth-order valence-electron chi connectivity index (χ4n) is 3.24. The zero-order valence-electron chi connectivity index (χ0n) is 16.7. The van der Waals surface area contributed by atoms with E-state index in [0.717, 1.165) is 23.3 Å². The number of aliphatic imine (C=N–C) groups is 1. The first-order valence-electron chi connectivity index (χ1n) is 9.50. The molecule has 29 heavy (non-hydrogen) atoms. The van der Waals surface area contributed by atoms with E-state index in [1.807, 2.05) is 24.3 Å². The van der Waals surface area contributed by atoms with Crippen LogP contribution in [0.1, 0.15) is 26.3 Å². The predicted octanol–water partition coefficient (Wildman–Crippen LogP) is 3.22. The molecule has 0 aliphatic carbocycles. The van der Waals surface area contributed by atoms with Crippen LogP contribution in [0.4, 0.5) is 11.4 Å². The largest absolute Gasteiger partial charge is 0.493 e. The number of aromatic amines is 1. The molecule has 1 aromatic heterocycles. The molecule has 0 unspecified atom stereocenters. The zero-order valence-corrected chi connectivity index (χ0v) is 16.7. The van der Waals surface area contributed by atoms with Gasteiger partial charge in [0.2, 0.25) is 5.88 Å². The van der Waals surface area contributed by atoms with Crippen LogP contribution in [0.5, 0.6) is 5.88 Å². The molecule has 0 fully saturated rings. The predicted molar refractivity (Wildman–Crippen MR) is 116 cm³/mol. The van der Waals surface area contributed by atoms with Crippen LogP contribution in [-0.2, 0) is 0 Å². The van der Waals surface area contributed by atoms with Crippen molar-refractivity contribution in [1.29, 1.82) is 0 Å². The molecule has 0 amide bonds. The summed E-state index contributed by atoms with van der Waals surface area (Å²) in [6, 6.07) is 16.3. The Morgan fingerprint density at radius 2 is 1.66 bits per heavy atom. The van der Waals surface area contributed by atoms with Gasteiger partial charge in [0.15, 0.2) is 0 Å². The van der Waals surface area contributed by atoms with Crippen molar-refractivity contribution >= 4 is 17.1 Å². The summed E-state index contributed by atoms with van der Waals surface area (Å²) in [4.78, 5) is 33.6. The average molecular weight is 392 g/mol. The summed E-state index contributed by atoms with van der Waals surface area (Å²) in [6.07, 6.45) is 0. The Labute approximate surface area is 168 Å². The van der Waals surface area contributed by atoms with E-state index in [0.29, 0.717) is 17.1 Å². The Balaban J connectivity index is 2.04. The van der Waals surface area contributed by atoms with Crippen LogP contribution in [0.25, 0.3) is 5.69 Å². The van der Waals surface area contributed by atoms with Gasteiger partial charge in [-0.05, 0) is 57.2 Å². The molecule has 0 radical (unpaired) electrons. The molecule has 0 atom stereocenters. The van der Waals surface area contributed by atoms with Crippen LogP contribution in [0.3, 0.4) is 0 Å². The monoisotopic (exact) mass is 392 g/mol. The van der Waals surface area contributed by atoms with E-state index in [4.69, 9.17) is 0 Å². The molecule has 0 saturated heterocycles.